The summed E-state index contributed by atoms with van der Waals surface area (Å²) < 4.78 is 5.33. The van der Waals surface area contributed by atoms with Crippen molar-refractivity contribution < 1.29 is 19.1 Å². The number of anilines is 1. The highest BCUT2D eigenvalue weighted by Crippen LogP contribution is 2.46. The van der Waals surface area contributed by atoms with E-state index in [1.807, 2.05) is 54.6 Å². The number of carbonyl (C=O) groups is 3. The van der Waals surface area contributed by atoms with Crippen molar-refractivity contribution in [2.75, 3.05) is 11.9 Å². The summed E-state index contributed by atoms with van der Waals surface area (Å²) >= 11 is 0. The van der Waals surface area contributed by atoms with Gasteiger partial charge in [-0.1, -0.05) is 61.4 Å². The number of benzene rings is 2. The van der Waals surface area contributed by atoms with Crippen LogP contribution < -0.4 is 10.6 Å². The maximum atomic E-state index is 13.6. The van der Waals surface area contributed by atoms with Crippen molar-refractivity contribution in [1.82, 2.24) is 10.2 Å². The summed E-state index contributed by atoms with van der Waals surface area (Å²) in [5.74, 6) is -0.182. The second kappa shape index (κ2) is 8.82. The van der Waals surface area contributed by atoms with Crippen molar-refractivity contribution in [3.8, 4) is 6.07 Å². The lowest BCUT2D eigenvalue weighted by molar-refractivity contribution is -0.134. The van der Waals surface area contributed by atoms with Gasteiger partial charge in [-0.05, 0) is 29.5 Å². The summed E-state index contributed by atoms with van der Waals surface area (Å²) in [7, 11) is 0. The van der Waals surface area contributed by atoms with Crippen LogP contribution in [0.4, 0.5) is 10.5 Å². The normalized spacial score (nSPS) is 23.7. The third kappa shape index (κ3) is 4.10. The number of ether oxygens (including phenoxy) is 1. The van der Waals surface area contributed by atoms with Crippen LogP contribution in [0, 0.1) is 17.2 Å². The molecule has 34 heavy (non-hydrogen) atoms. The average molecular weight is 459 g/mol. The van der Waals surface area contributed by atoms with Crippen molar-refractivity contribution in [3.63, 3.8) is 0 Å². The minimum Gasteiger partial charge on any atom is -0.445 e. The smallest absolute Gasteiger partial charge is 0.408 e. The van der Waals surface area contributed by atoms with Gasteiger partial charge in [-0.3, -0.25) is 9.59 Å². The fourth-order valence-electron chi connectivity index (χ4n) is 5.00. The number of hydrogen-bond acceptors (Lipinski definition) is 5. The van der Waals surface area contributed by atoms with E-state index in [0.29, 0.717) is 12.3 Å². The molecule has 5 rings (SSSR count). The predicted molar refractivity (Wildman–Crippen MR) is 123 cm³/mol. The Balaban J connectivity index is 1.32. The molecule has 2 aromatic carbocycles. The van der Waals surface area contributed by atoms with Gasteiger partial charge in [0.15, 0.2) is 0 Å². The molecule has 1 aliphatic carbocycles. The van der Waals surface area contributed by atoms with Gasteiger partial charge in [-0.15, -0.1) is 0 Å². The zero-order valence-corrected chi connectivity index (χ0v) is 18.7. The Bertz CT molecular complexity index is 1160. The first-order valence-corrected chi connectivity index (χ1v) is 11.6. The number of fused-ring (bicyclic) bond motifs is 2. The summed E-state index contributed by atoms with van der Waals surface area (Å²) in [6.07, 6.45) is 2.06. The second-order valence-corrected chi connectivity index (χ2v) is 9.33. The molecule has 8 heteroatoms. The van der Waals surface area contributed by atoms with E-state index in [0.717, 1.165) is 29.7 Å². The molecule has 8 nitrogen and oxygen atoms in total. The van der Waals surface area contributed by atoms with Crippen molar-refractivity contribution in [1.29, 1.82) is 5.26 Å². The molecule has 2 fully saturated rings. The molecule has 1 spiro atoms. The van der Waals surface area contributed by atoms with E-state index >= 15 is 0 Å². The number of nitrogens with one attached hydrogen (secondary N) is 2. The van der Waals surface area contributed by atoms with Crippen molar-refractivity contribution in [3.05, 3.63) is 65.7 Å². The van der Waals surface area contributed by atoms with E-state index < -0.39 is 23.6 Å². The van der Waals surface area contributed by atoms with Crippen molar-refractivity contribution in [2.45, 2.75) is 49.8 Å². The molecule has 1 unspecified atom stereocenters. The molecule has 2 heterocycles. The van der Waals surface area contributed by atoms with Gasteiger partial charge in [0.2, 0.25) is 11.8 Å². The Morgan fingerprint density at radius 1 is 1.18 bits per heavy atom. The van der Waals surface area contributed by atoms with Gasteiger partial charge in [0, 0.05) is 18.7 Å². The monoisotopic (exact) mass is 458 g/mol. The maximum Gasteiger partial charge on any atom is 0.408 e. The van der Waals surface area contributed by atoms with Gasteiger partial charge in [0.05, 0.1) is 11.5 Å². The van der Waals surface area contributed by atoms with Crippen LogP contribution in [0.2, 0.25) is 0 Å². The highest BCUT2D eigenvalue weighted by atomic mass is 16.5. The van der Waals surface area contributed by atoms with Gasteiger partial charge in [-0.2, -0.15) is 5.26 Å². The molecule has 2 N–H and O–H groups in total. The number of hydrogen-bond donors (Lipinski definition) is 2. The molecule has 2 aromatic rings. The Hall–Kier alpha value is -3.86. The molecule has 0 radical (unpaired) electrons. The first kappa shape index (κ1) is 22.0. The van der Waals surface area contributed by atoms with E-state index in [-0.39, 0.29) is 31.4 Å². The van der Waals surface area contributed by atoms with E-state index in [1.54, 1.807) is 0 Å². The summed E-state index contributed by atoms with van der Waals surface area (Å²) in [5.41, 5.74) is 1.42. The third-order valence-electron chi connectivity index (χ3n) is 6.98. The zero-order chi connectivity index (χ0) is 23.7. The number of alkyl carbamates (subject to hydrolysis) is 1. The summed E-state index contributed by atoms with van der Waals surface area (Å²) in [4.78, 5) is 40.6. The number of amides is 3. The topological polar surface area (TPSA) is 112 Å². The minimum atomic E-state index is -0.954. The lowest BCUT2D eigenvalue weighted by Crippen LogP contribution is -2.51. The summed E-state index contributed by atoms with van der Waals surface area (Å²) in [5, 5.41) is 15.5. The van der Waals surface area contributed by atoms with Crippen LogP contribution >= 0.6 is 0 Å². The third-order valence-corrected chi connectivity index (χ3v) is 6.98. The van der Waals surface area contributed by atoms with Crippen LogP contribution in [-0.2, 0) is 26.3 Å². The molecule has 3 aliphatic rings. The second-order valence-electron chi connectivity index (χ2n) is 9.33. The van der Waals surface area contributed by atoms with Crippen LogP contribution in [0.15, 0.2) is 54.6 Å². The molecule has 1 saturated carbocycles. The SMILES string of the molecule is N#C[C@@H]1C[C@@]2(CN1C(=O)C(CC1CC1)NC(=O)OCc1ccccc1)C(=O)Nc1ccccc12. The van der Waals surface area contributed by atoms with Crippen LogP contribution in [0.3, 0.4) is 0 Å². The molecular formula is C26H26N4O4. The van der Waals surface area contributed by atoms with Gasteiger partial charge >= 0.3 is 6.09 Å². The van der Waals surface area contributed by atoms with Crippen LogP contribution in [0.1, 0.15) is 36.8 Å². The lowest BCUT2D eigenvalue weighted by Gasteiger charge is -2.27. The number of nitrogens with zero attached hydrogens (tertiary/aromatic N) is 2. The van der Waals surface area contributed by atoms with Crippen LogP contribution in [0.5, 0.6) is 0 Å². The Morgan fingerprint density at radius 2 is 1.91 bits per heavy atom. The van der Waals surface area contributed by atoms with Gasteiger partial charge in [-0.25, -0.2) is 4.79 Å². The first-order chi connectivity index (χ1) is 16.5. The van der Waals surface area contributed by atoms with Crippen LogP contribution in [0.25, 0.3) is 0 Å². The number of para-hydroxylation sites is 1. The number of likely N-dealkylation sites (tertiary alicyclic amines) is 1. The number of nitriles is 1. The molecule has 174 valence electrons. The average Bonchev–Trinajstić information content (AvgIpc) is 3.52. The lowest BCUT2D eigenvalue weighted by atomic mass is 9.80. The highest BCUT2D eigenvalue weighted by molar-refractivity contribution is 6.07. The Kier molecular flexibility index (Phi) is 5.70. The van der Waals surface area contributed by atoms with E-state index in [4.69, 9.17) is 4.74 Å². The first-order valence-electron chi connectivity index (χ1n) is 11.6. The molecule has 2 aliphatic heterocycles. The molecule has 3 atom stereocenters. The van der Waals surface area contributed by atoms with E-state index in [1.165, 1.54) is 4.90 Å². The van der Waals surface area contributed by atoms with Crippen molar-refractivity contribution >= 4 is 23.6 Å². The molecular weight excluding hydrogens is 432 g/mol. The van der Waals surface area contributed by atoms with Crippen molar-refractivity contribution in [2.24, 2.45) is 5.92 Å². The number of carbonyl (C=O) groups excluding carboxylic acids is 3. The largest absolute Gasteiger partial charge is 0.445 e. The molecule has 0 bridgehead atoms. The Labute approximate surface area is 197 Å². The quantitative estimate of drug-likeness (QED) is 0.691. The van der Waals surface area contributed by atoms with Gasteiger partial charge in [0.1, 0.15) is 18.7 Å². The van der Waals surface area contributed by atoms with Gasteiger partial charge in [0.25, 0.3) is 0 Å². The van der Waals surface area contributed by atoms with E-state index in [9.17, 15) is 19.6 Å². The summed E-state index contributed by atoms with van der Waals surface area (Å²) in [6.45, 7) is 0.205. The molecule has 0 aromatic heterocycles. The van der Waals surface area contributed by atoms with Crippen LogP contribution in [-0.4, -0.2) is 41.4 Å². The van der Waals surface area contributed by atoms with E-state index in [2.05, 4.69) is 16.7 Å². The maximum absolute atomic E-state index is 13.6. The Morgan fingerprint density at radius 3 is 2.65 bits per heavy atom. The number of rotatable bonds is 6. The highest BCUT2D eigenvalue weighted by Gasteiger charge is 2.56. The fourth-order valence-corrected chi connectivity index (χ4v) is 5.00. The summed E-state index contributed by atoms with van der Waals surface area (Å²) in [6, 6.07) is 17.3. The minimum absolute atomic E-state index is 0.0988. The standard InChI is InChI=1S/C26H26N4O4/c27-14-19-13-26(20-8-4-5-9-21(20)28-24(26)32)16-30(19)23(31)22(12-17-10-11-17)29-25(33)34-15-18-6-2-1-3-7-18/h1-9,17,19,22H,10-13,15-16H2,(H,28,32)(H,29,33)/t19-,22?,26-/m0/s1. The fraction of sp³-hybridized carbons (Fsp3) is 0.385. The molecule has 3 amide bonds. The zero-order valence-electron chi connectivity index (χ0n) is 18.7. The predicted octanol–water partition coefficient (Wildman–Crippen LogP) is 3.10. The van der Waals surface area contributed by atoms with Gasteiger partial charge < -0.3 is 20.3 Å². The molecule has 1 saturated heterocycles.